The number of benzene rings is 1. The summed E-state index contributed by atoms with van der Waals surface area (Å²) in [5.41, 5.74) is 5.06. The molecular weight excluding hydrogens is 279 g/mol. The summed E-state index contributed by atoms with van der Waals surface area (Å²) < 4.78 is 12.9. The fraction of sp³-hybridized carbons (Fsp3) is 0.100. The third kappa shape index (κ3) is 4.53. The first kappa shape index (κ1) is 14.2. The molecule has 3 N–H and O–H groups in total. The summed E-state index contributed by atoms with van der Waals surface area (Å²) in [6.45, 7) is 0. The van der Waals surface area contributed by atoms with Crippen LogP contribution in [0.2, 0.25) is 5.02 Å². The highest BCUT2D eigenvalue weighted by atomic mass is 35.5. The summed E-state index contributed by atoms with van der Waals surface area (Å²) in [7, 11) is 0. The van der Waals surface area contributed by atoms with Gasteiger partial charge in [0.1, 0.15) is 12.2 Å². The number of anilines is 1. The maximum absolute atomic E-state index is 12.9. The Kier molecular flexibility index (Phi) is 5.30. The number of nitrogens with one attached hydrogen (secondary N) is 3. The van der Waals surface area contributed by atoms with E-state index in [1.807, 2.05) is 0 Å². The molecule has 94 valence electrons. The monoisotopic (exact) mass is 286 g/mol. The molecule has 0 radical (unpaired) electrons. The first-order valence-electron chi connectivity index (χ1n) is 4.70. The number of nitriles is 1. The lowest BCUT2D eigenvalue weighted by molar-refractivity contribution is -0.120. The maximum Gasteiger partial charge on any atom is 0.252 e. The van der Waals surface area contributed by atoms with E-state index in [-0.39, 0.29) is 16.6 Å². The predicted octanol–water partition coefficient (Wildman–Crippen LogP) is 1.71. The van der Waals surface area contributed by atoms with E-state index < -0.39 is 11.7 Å². The number of hydrogen-bond acceptors (Lipinski definition) is 3. The summed E-state index contributed by atoms with van der Waals surface area (Å²) in [4.78, 5) is 10.9. The number of amides is 1. The summed E-state index contributed by atoms with van der Waals surface area (Å²) >= 11 is 10.4. The van der Waals surface area contributed by atoms with Gasteiger partial charge >= 0.3 is 0 Å². The number of hydrogen-bond donors (Lipinski definition) is 3. The second kappa shape index (κ2) is 6.74. The Morgan fingerprint density at radius 1 is 1.50 bits per heavy atom. The Bertz CT molecular complexity index is 517. The smallest absolute Gasteiger partial charge is 0.252 e. The van der Waals surface area contributed by atoms with Crippen LogP contribution in [0.4, 0.5) is 10.1 Å². The molecule has 0 unspecified atom stereocenters. The summed E-state index contributed by atoms with van der Waals surface area (Å²) in [5, 5.41) is 11.0. The van der Waals surface area contributed by atoms with Crippen molar-refractivity contribution >= 4 is 40.5 Å². The SMILES string of the molecule is N#CCC(=O)NNC(=S)Nc1ccc(F)c(Cl)c1. The molecule has 0 aliphatic carbocycles. The fourth-order valence-corrected chi connectivity index (χ4v) is 1.33. The van der Waals surface area contributed by atoms with Gasteiger partial charge in [0, 0.05) is 5.69 Å². The van der Waals surface area contributed by atoms with Crippen molar-refractivity contribution in [3.8, 4) is 6.07 Å². The number of halogens is 2. The molecule has 5 nitrogen and oxygen atoms in total. The fourth-order valence-electron chi connectivity index (χ4n) is 0.979. The van der Waals surface area contributed by atoms with E-state index in [2.05, 4.69) is 16.2 Å². The van der Waals surface area contributed by atoms with E-state index in [9.17, 15) is 9.18 Å². The van der Waals surface area contributed by atoms with Crippen LogP contribution in [0.3, 0.4) is 0 Å². The minimum absolute atomic E-state index is 0.0451. The van der Waals surface area contributed by atoms with Crippen molar-refractivity contribution in [2.75, 3.05) is 5.32 Å². The third-order valence-corrected chi connectivity index (χ3v) is 2.23. The molecule has 0 spiro atoms. The number of carbonyl (C=O) groups is 1. The van der Waals surface area contributed by atoms with Gasteiger partial charge in [0.05, 0.1) is 11.1 Å². The van der Waals surface area contributed by atoms with Gasteiger partial charge in [-0.1, -0.05) is 11.6 Å². The summed E-state index contributed by atoms with van der Waals surface area (Å²) in [6, 6.07) is 5.65. The highest BCUT2D eigenvalue weighted by Gasteiger charge is 2.03. The lowest BCUT2D eigenvalue weighted by Gasteiger charge is -2.10. The number of thiocarbonyl (C=S) groups is 1. The van der Waals surface area contributed by atoms with Crippen molar-refractivity contribution in [2.45, 2.75) is 6.42 Å². The van der Waals surface area contributed by atoms with Gasteiger partial charge in [-0.05, 0) is 30.4 Å². The normalized spacial score (nSPS) is 9.17. The Hall–Kier alpha value is -1.91. The zero-order valence-corrected chi connectivity index (χ0v) is 10.5. The van der Waals surface area contributed by atoms with Crippen molar-refractivity contribution in [1.82, 2.24) is 10.9 Å². The lowest BCUT2D eigenvalue weighted by atomic mass is 10.3. The van der Waals surface area contributed by atoms with Crippen LogP contribution < -0.4 is 16.2 Å². The van der Waals surface area contributed by atoms with Crippen molar-refractivity contribution in [3.63, 3.8) is 0 Å². The van der Waals surface area contributed by atoms with Gasteiger partial charge in [-0.25, -0.2) is 4.39 Å². The van der Waals surface area contributed by atoms with Gasteiger partial charge in [-0.2, -0.15) is 5.26 Å². The molecule has 0 aromatic heterocycles. The van der Waals surface area contributed by atoms with E-state index in [1.165, 1.54) is 18.2 Å². The minimum atomic E-state index is -0.539. The average Bonchev–Trinajstić information content (AvgIpc) is 2.32. The van der Waals surface area contributed by atoms with Gasteiger partial charge in [-0.15, -0.1) is 0 Å². The maximum atomic E-state index is 12.9. The van der Waals surface area contributed by atoms with Crippen LogP contribution in [-0.4, -0.2) is 11.0 Å². The Balaban J connectivity index is 2.47. The Morgan fingerprint density at radius 2 is 2.22 bits per heavy atom. The molecule has 18 heavy (non-hydrogen) atoms. The molecule has 1 rings (SSSR count). The lowest BCUT2D eigenvalue weighted by Crippen LogP contribution is -2.43. The van der Waals surface area contributed by atoms with E-state index >= 15 is 0 Å². The number of nitrogens with zero attached hydrogens (tertiary/aromatic N) is 1. The first-order chi connectivity index (χ1) is 8.52. The van der Waals surface area contributed by atoms with Crippen LogP contribution in [0.1, 0.15) is 6.42 Å². The Labute approximate surface area is 113 Å². The minimum Gasteiger partial charge on any atom is -0.331 e. The molecule has 0 bridgehead atoms. The first-order valence-corrected chi connectivity index (χ1v) is 5.49. The van der Waals surface area contributed by atoms with Crippen LogP contribution in [0.15, 0.2) is 18.2 Å². The highest BCUT2D eigenvalue weighted by molar-refractivity contribution is 7.80. The van der Waals surface area contributed by atoms with E-state index in [0.717, 1.165) is 0 Å². The zero-order chi connectivity index (χ0) is 13.5. The van der Waals surface area contributed by atoms with Gasteiger partial charge in [0.2, 0.25) is 0 Å². The van der Waals surface area contributed by atoms with Crippen LogP contribution in [-0.2, 0) is 4.79 Å². The van der Waals surface area contributed by atoms with Crippen LogP contribution >= 0.6 is 23.8 Å². The predicted molar refractivity (Wildman–Crippen MR) is 69.1 cm³/mol. The largest absolute Gasteiger partial charge is 0.331 e. The second-order valence-corrected chi connectivity index (χ2v) is 3.91. The second-order valence-electron chi connectivity index (χ2n) is 3.09. The molecule has 0 atom stereocenters. The molecule has 0 saturated carbocycles. The topological polar surface area (TPSA) is 77.0 Å². The van der Waals surface area contributed by atoms with E-state index in [1.54, 1.807) is 6.07 Å². The summed E-state index contributed by atoms with van der Waals surface area (Å²) in [6.07, 6.45) is -0.280. The molecular formula is C10H8ClFN4OS. The molecule has 0 heterocycles. The zero-order valence-electron chi connectivity index (χ0n) is 8.96. The standard InChI is InChI=1S/C10H8ClFN4OS/c11-7-5-6(1-2-8(7)12)14-10(18)16-15-9(17)3-4-13/h1-2,5H,3H2,(H,15,17)(H2,14,16,18). The van der Waals surface area contributed by atoms with Crippen molar-refractivity contribution < 1.29 is 9.18 Å². The Morgan fingerprint density at radius 3 is 2.83 bits per heavy atom. The van der Waals surface area contributed by atoms with Crippen LogP contribution in [0.5, 0.6) is 0 Å². The third-order valence-electron chi connectivity index (χ3n) is 1.73. The average molecular weight is 287 g/mol. The number of rotatable bonds is 2. The van der Waals surface area contributed by atoms with Gasteiger partial charge < -0.3 is 5.32 Å². The van der Waals surface area contributed by atoms with Crippen LogP contribution in [0, 0.1) is 17.1 Å². The number of hydrazine groups is 1. The number of carbonyl (C=O) groups excluding carboxylic acids is 1. The quantitative estimate of drug-likeness (QED) is 0.570. The van der Waals surface area contributed by atoms with Crippen molar-refractivity contribution in [2.24, 2.45) is 0 Å². The van der Waals surface area contributed by atoms with Crippen molar-refractivity contribution in [3.05, 3.63) is 29.0 Å². The van der Waals surface area contributed by atoms with Gasteiger partial charge in [0.15, 0.2) is 5.11 Å². The van der Waals surface area contributed by atoms with E-state index in [0.29, 0.717) is 5.69 Å². The van der Waals surface area contributed by atoms with E-state index in [4.69, 9.17) is 29.1 Å². The molecule has 1 aromatic carbocycles. The van der Waals surface area contributed by atoms with Gasteiger partial charge in [0.25, 0.3) is 5.91 Å². The summed E-state index contributed by atoms with van der Waals surface area (Å²) in [5.74, 6) is -1.05. The van der Waals surface area contributed by atoms with Gasteiger partial charge in [-0.3, -0.25) is 15.6 Å². The molecule has 1 amide bonds. The molecule has 0 aliphatic heterocycles. The molecule has 0 aliphatic rings. The molecule has 1 aromatic rings. The highest BCUT2D eigenvalue weighted by Crippen LogP contribution is 2.19. The van der Waals surface area contributed by atoms with Crippen LogP contribution in [0.25, 0.3) is 0 Å². The molecule has 8 heteroatoms. The molecule has 0 fully saturated rings. The molecule has 0 saturated heterocycles. The van der Waals surface area contributed by atoms with Crippen molar-refractivity contribution in [1.29, 1.82) is 5.26 Å².